The lowest BCUT2D eigenvalue weighted by Crippen LogP contribution is -1.67. The molecule has 0 aliphatic carbocycles. The molecular formula is C4Cl2N2S. The predicted octanol–water partition coefficient (Wildman–Crippen LogP) is 2.32. The number of hydrogen-bond acceptors (Lipinski definition) is 3. The summed E-state index contributed by atoms with van der Waals surface area (Å²) in [4.78, 5) is 0. The Bertz CT molecular complexity index is 243. The number of hydrogen-bond donors (Lipinski definition) is 0. The summed E-state index contributed by atoms with van der Waals surface area (Å²) in [6.07, 6.45) is 0. The van der Waals surface area contributed by atoms with Crippen molar-refractivity contribution < 1.29 is 0 Å². The molecule has 0 N–H and O–H groups in total. The van der Waals surface area contributed by atoms with Crippen LogP contribution in [0.4, 0.5) is 0 Å². The lowest BCUT2D eigenvalue weighted by molar-refractivity contribution is 1.47. The molecule has 1 rings (SSSR count). The number of halogens is 2. The van der Waals surface area contributed by atoms with Crippen molar-refractivity contribution in [3.8, 4) is 6.07 Å². The van der Waals surface area contributed by atoms with Crippen LogP contribution in [0.2, 0.25) is 9.49 Å². The Kier molecular flexibility index (Phi) is 1.91. The van der Waals surface area contributed by atoms with Crippen LogP contribution < -0.4 is 0 Å². The van der Waals surface area contributed by atoms with E-state index in [1.165, 1.54) is 0 Å². The number of nitrogens with zero attached hydrogens (tertiary/aromatic N) is 2. The van der Waals surface area contributed by atoms with Crippen LogP contribution in [0.5, 0.6) is 0 Å². The van der Waals surface area contributed by atoms with Crippen LogP contribution in [-0.4, -0.2) is 4.37 Å². The maximum Gasteiger partial charge on any atom is 0.162 e. The molecule has 2 nitrogen and oxygen atoms in total. The van der Waals surface area contributed by atoms with Gasteiger partial charge in [0.25, 0.3) is 0 Å². The van der Waals surface area contributed by atoms with Crippen molar-refractivity contribution in [1.82, 2.24) is 4.37 Å². The average molecular weight is 179 g/mol. The van der Waals surface area contributed by atoms with Gasteiger partial charge in [-0.1, -0.05) is 23.2 Å². The maximum absolute atomic E-state index is 8.34. The third-order valence-corrected chi connectivity index (χ3v) is 2.13. The molecule has 0 radical (unpaired) electrons. The summed E-state index contributed by atoms with van der Waals surface area (Å²) in [5, 5.41) is 8.52. The molecule has 0 aliphatic heterocycles. The van der Waals surface area contributed by atoms with Crippen LogP contribution in [-0.2, 0) is 0 Å². The van der Waals surface area contributed by atoms with E-state index < -0.39 is 0 Å². The molecule has 1 heterocycles. The van der Waals surface area contributed by atoms with Crippen molar-refractivity contribution in [1.29, 1.82) is 5.26 Å². The molecule has 1 aromatic heterocycles. The van der Waals surface area contributed by atoms with Crippen molar-refractivity contribution in [2.45, 2.75) is 0 Å². The summed E-state index contributed by atoms with van der Waals surface area (Å²) < 4.78 is 3.99. The lowest BCUT2D eigenvalue weighted by Gasteiger charge is -1.76. The highest BCUT2D eigenvalue weighted by molar-refractivity contribution is 7.11. The van der Waals surface area contributed by atoms with E-state index >= 15 is 0 Å². The van der Waals surface area contributed by atoms with Crippen LogP contribution in [0.1, 0.15) is 5.56 Å². The third-order valence-electron chi connectivity index (χ3n) is 0.721. The van der Waals surface area contributed by atoms with E-state index in [0.29, 0.717) is 4.34 Å². The van der Waals surface area contributed by atoms with Crippen molar-refractivity contribution in [2.75, 3.05) is 0 Å². The minimum atomic E-state index is 0.188. The van der Waals surface area contributed by atoms with Gasteiger partial charge in [0.1, 0.15) is 16.0 Å². The second-order valence-electron chi connectivity index (χ2n) is 1.23. The molecular weight excluding hydrogens is 179 g/mol. The second kappa shape index (κ2) is 2.53. The van der Waals surface area contributed by atoms with Gasteiger partial charge in [0.2, 0.25) is 0 Å². The van der Waals surface area contributed by atoms with E-state index in [1.54, 1.807) is 0 Å². The van der Waals surface area contributed by atoms with Crippen LogP contribution in [0.25, 0.3) is 0 Å². The first-order valence-corrected chi connectivity index (χ1v) is 3.49. The summed E-state index contributed by atoms with van der Waals surface area (Å²) in [7, 11) is 0. The Morgan fingerprint density at radius 3 is 2.44 bits per heavy atom. The Morgan fingerprint density at radius 1 is 1.56 bits per heavy atom. The molecule has 0 spiro atoms. The second-order valence-corrected chi connectivity index (χ2v) is 2.97. The highest BCUT2D eigenvalue weighted by Crippen LogP contribution is 2.26. The van der Waals surface area contributed by atoms with Crippen molar-refractivity contribution in [3.63, 3.8) is 0 Å². The fraction of sp³-hybridized carbons (Fsp3) is 0. The van der Waals surface area contributed by atoms with Crippen LogP contribution in [0.3, 0.4) is 0 Å². The fourth-order valence-corrected chi connectivity index (χ4v) is 1.41. The molecule has 0 unspecified atom stereocenters. The van der Waals surface area contributed by atoms with Gasteiger partial charge in [-0.3, -0.25) is 0 Å². The smallest absolute Gasteiger partial charge is 0.162 e. The van der Waals surface area contributed by atoms with E-state index in [0.717, 1.165) is 11.5 Å². The minimum Gasteiger partial charge on any atom is -0.192 e. The summed E-state index contributed by atoms with van der Waals surface area (Å²) in [6, 6.07) is 1.83. The van der Waals surface area contributed by atoms with Crippen molar-refractivity contribution >= 4 is 34.7 Å². The zero-order valence-electron chi connectivity index (χ0n) is 4.06. The van der Waals surface area contributed by atoms with Gasteiger partial charge in [-0.15, -0.1) is 0 Å². The molecule has 0 aromatic carbocycles. The summed E-state index contributed by atoms with van der Waals surface area (Å²) in [6.45, 7) is 0. The summed E-state index contributed by atoms with van der Waals surface area (Å²) in [5.74, 6) is 0. The quantitative estimate of drug-likeness (QED) is 0.612. The average Bonchev–Trinajstić information content (AvgIpc) is 2.12. The zero-order valence-corrected chi connectivity index (χ0v) is 6.39. The molecule has 5 heteroatoms. The van der Waals surface area contributed by atoms with Gasteiger partial charge in [0.05, 0.1) is 0 Å². The van der Waals surface area contributed by atoms with E-state index in [4.69, 9.17) is 28.5 Å². The molecule has 0 bridgehead atoms. The summed E-state index contributed by atoms with van der Waals surface area (Å²) in [5.41, 5.74) is 0.267. The van der Waals surface area contributed by atoms with Gasteiger partial charge >= 0.3 is 0 Å². The molecule has 0 saturated heterocycles. The van der Waals surface area contributed by atoms with E-state index in [-0.39, 0.29) is 10.7 Å². The molecule has 0 fully saturated rings. The van der Waals surface area contributed by atoms with Gasteiger partial charge < -0.3 is 0 Å². The molecule has 46 valence electrons. The molecule has 1 aromatic rings. The molecule has 0 aliphatic rings. The van der Waals surface area contributed by atoms with Gasteiger partial charge in [-0.05, 0) is 11.5 Å². The molecule has 0 amide bonds. The van der Waals surface area contributed by atoms with E-state index in [1.807, 2.05) is 6.07 Å². The van der Waals surface area contributed by atoms with Gasteiger partial charge in [-0.25, -0.2) is 0 Å². The maximum atomic E-state index is 8.34. The lowest BCUT2D eigenvalue weighted by atomic mass is 10.4. The van der Waals surface area contributed by atoms with Crippen LogP contribution in [0, 0.1) is 11.3 Å². The monoisotopic (exact) mass is 178 g/mol. The van der Waals surface area contributed by atoms with Crippen LogP contribution in [0.15, 0.2) is 0 Å². The highest BCUT2D eigenvalue weighted by atomic mass is 35.5. The largest absolute Gasteiger partial charge is 0.192 e. The predicted molar refractivity (Wildman–Crippen MR) is 36.8 cm³/mol. The van der Waals surface area contributed by atoms with Gasteiger partial charge in [0.15, 0.2) is 5.15 Å². The standard InChI is InChI=1S/C4Cl2N2S/c5-3-2(1-7)4(6)9-8-3. The van der Waals surface area contributed by atoms with Gasteiger partial charge in [0, 0.05) is 0 Å². The Hall–Kier alpha value is -0.300. The number of aromatic nitrogens is 1. The Morgan fingerprint density at radius 2 is 2.22 bits per heavy atom. The first-order chi connectivity index (χ1) is 4.25. The molecule has 0 atom stereocenters. The van der Waals surface area contributed by atoms with Crippen molar-refractivity contribution in [3.05, 3.63) is 15.1 Å². The molecule has 9 heavy (non-hydrogen) atoms. The van der Waals surface area contributed by atoms with Crippen molar-refractivity contribution in [2.24, 2.45) is 0 Å². The Labute approximate surface area is 65.8 Å². The van der Waals surface area contributed by atoms with Crippen LogP contribution >= 0.6 is 34.7 Å². The highest BCUT2D eigenvalue weighted by Gasteiger charge is 2.07. The zero-order chi connectivity index (χ0) is 6.85. The Balaban J connectivity index is 3.27. The normalized spacial score (nSPS) is 9.00. The molecule has 0 saturated carbocycles. The summed E-state index contributed by atoms with van der Waals surface area (Å²) >= 11 is 11.9. The third kappa shape index (κ3) is 1.16. The number of nitriles is 1. The van der Waals surface area contributed by atoms with E-state index in [2.05, 4.69) is 4.37 Å². The fourth-order valence-electron chi connectivity index (χ4n) is 0.343. The van der Waals surface area contributed by atoms with E-state index in [9.17, 15) is 0 Å². The first kappa shape index (κ1) is 6.81. The first-order valence-electron chi connectivity index (χ1n) is 1.96. The number of rotatable bonds is 0. The topological polar surface area (TPSA) is 36.7 Å². The minimum absolute atomic E-state index is 0.188. The van der Waals surface area contributed by atoms with Gasteiger partial charge in [-0.2, -0.15) is 9.64 Å². The SMILES string of the molecule is N#Cc1c(Cl)nsc1Cl.